The molecule has 3 rings (SSSR count). The summed E-state index contributed by atoms with van der Waals surface area (Å²) >= 11 is 0. The Bertz CT molecular complexity index is 1150. The van der Waals surface area contributed by atoms with E-state index in [0.29, 0.717) is 42.9 Å². The molecule has 1 aromatic carbocycles. The SMILES string of the molecule is C=C(C)/C(=C\c1cccnc1N)C(=O)NCc1ccc(N2CCN(C(C)=O)CC2)c(C(F)(F)F)c1. The number of nitrogens with zero attached hydrogens (tertiary/aromatic N) is 3. The van der Waals surface area contributed by atoms with Gasteiger partial charge < -0.3 is 20.9 Å². The normalized spacial score (nSPS) is 14.6. The van der Waals surface area contributed by atoms with Crippen LogP contribution >= 0.6 is 0 Å². The fourth-order valence-electron chi connectivity index (χ4n) is 3.83. The Kier molecular flexibility index (Phi) is 7.83. The number of benzene rings is 1. The number of nitrogens with two attached hydrogens (primary N) is 1. The van der Waals surface area contributed by atoms with Crippen LogP contribution in [-0.4, -0.2) is 47.9 Å². The number of amides is 2. The van der Waals surface area contributed by atoms with Crippen molar-refractivity contribution in [3.05, 3.63) is 70.9 Å². The highest BCUT2D eigenvalue weighted by molar-refractivity contribution is 6.02. The monoisotopic (exact) mass is 487 g/mol. The van der Waals surface area contributed by atoms with Gasteiger partial charge in [0.1, 0.15) is 5.82 Å². The molecule has 1 fully saturated rings. The molecule has 0 bridgehead atoms. The van der Waals surface area contributed by atoms with Gasteiger partial charge >= 0.3 is 6.18 Å². The highest BCUT2D eigenvalue weighted by atomic mass is 19.4. The van der Waals surface area contributed by atoms with Crippen molar-refractivity contribution < 1.29 is 22.8 Å². The molecule has 0 unspecified atom stereocenters. The van der Waals surface area contributed by atoms with E-state index in [2.05, 4.69) is 16.9 Å². The summed E-state index contributed by atoms with van der Waals surface area (Å²) in [6, 6.07) is 7.40. The first-order chi connectivity index (χ1) is 16.5. The highest BCUT2D eigenvalue weighted by Gasteiger charge is 2.36. The molecule has 1 aromatic heterocycles. The van der Waals surface area contributed by atoms with Crippen LogP contribution < -0.4 is 16.0 Å². The number of carbonyl (C=O) groups is 2. The van der Waals surface area contributed by atoms with Crippen LogP contribution in [0, 0.1) is 0 Å². The first-order valence-electron chi connectivity index (χ1n) is 11.0. The van der Waals surface area contributed by atoms with Crippen LogP contribution in [0.3, 0.4) is 0 Å². The number of hydrogen-bond acceptors (Lipinski definition) is 5. The maximum atomic E-state index is 13.9. The van der Waals surface area contributed by atoms with Crippen molar-refractivity contribution in [2.75, 3.05) is 36.8 Å². The van der Waals surface area contributed by atoms with Crippen LogP contribution in [0.25, 0.3) is 6.08 Å². The van der Waals surface area contributed by atoms with Crippen LogP contribution in [0.1, 0.15) is 30.5 Å². The van der Waals surface area contributed by atoms with Gasteiger partial charge in [0.05, 0.1) is 5.56 Å². The number of nitrogen functional groups attached to an aromatic ring is 1. The number of aromatic nitrogens is 1. The minimum absolute atomic E-state index is 0.0605. The second-order valence-electron chi connectivity index (χ2n) is 8.34. The van der Waals surface area contributed by atoms with Gasteiger partial charge in [-0.3, -0.25) is 9.59 Å². The number of rotatable bonds is 6. The lowest BCUT2D eigenvalue weighted by molar-refractivity contribution is -0.137. The molecule has 0 spiro atoms. The molecule has 1 aliphatic rings. The molecule has 10 heteroatoms. The quantitative estimate of drug-likeness (QED) is 0.480. The van der Waals surface area contributed by atoms with Crippen LogP contribution in [-0.2, 0) is 22.3 Å². The standard InChI is InChI=1S/C25H28F3N5O2/c1-16(2)20(14-19-5-4-8-30-23(19)29)24(35)31-15-18-6-7-22(21(13-18)25(26,27)28)33-11-9-32(10-12-33)17(3)34/h4-8,13-14H,1,9-12,15H2,2-3H3,(H2,29,30)(H,31,35)/b20-14+. The second kappa shape index (κ2) is 10.6. The molecule has 0 atom stereocenters. The number of carbonyl (C=O) groups excluding carboxylic acids is 2. The second-order valence-corrected chi connectivity index (χ2v) is 8.34. The molecular weight excluding hydrogens is 459 g/mol. The minimum Gasteiger partial charge on any atom is -0.383 e. The summed E-state index contributed by atoms with van der Waals surface area (Å²) in [6.07, 6.45) is -1.50. The fourth-order valence-corrected chi connectivity index (χ4v) is 3.83. The van der Waals surface area contributed by atoms with E-state index in [1.165, 1.54) is 19.2 Å². The molecular formula is C25H28F3N5O2. The Morgan fingerprint density at radius 3 is 2.43 bits per heavy atom. The lowest BCUT2D eigenvalue weighted by Crippen LogP contribution is -2.48. The van der Waals surface area contributed by atoms with E-state index in [1.807, 2.05) is 0 Å². The number of nitrogens with one attached hydrogen (secondary N) is 1. The predicted molar refractivity (Wildman–Crippen MR) is 129 cm³/mol. The van der Waals surface area contributed by atoms with Crippen molar-refractivity contribution in [3.8, 4) is 0 Å². The summed E-state index contributed by atoms with van der Waals surface area (Å²) in [7, 11) is 0. The van der Waals surface area contributed by atoms with Gasteiger partial charge in [0.2, 0.25) is 5.91 Å². The van der Waals surface area contributed by atoms with Gasteiger partial charge in [0.15, 0.2) is 0 Å². The van der Waals surface area contributed by atoms with Crippen molar-refractivity contribution in [2.24, 2.45) is 0 Å². The van der Waals surface area contributed by atoms with E-state index in [9.17, 15) is 22.8 Å². The van der Waals surface area contributed by atoms with E-state index in [4.69, 9.17) is 5.73 Å². The molecule has 0 aliphatic carbocycles. The summed E-state index contributed by atoms with van der Waals surface area (Å²) in [5.41, 5.74) is 6.69. The van der Waals surface area contributed by atoms with Crippen LogP contribution in [0.5, 0.6) is 0 Å². The first-order valence-corrected chi connectivity index (χ1v) is 11.0. The van der Waals surface area contributed by atoms with Gasteiger partial charge in [-0.1, -0.05) is 12.6 Å². The molecule has 3 N–H and O–H groups in total. The molecule has 1 aliphatic heterocycles. The Labute approximate surface area is 202 Å². The summed E-state index contributed by atoms with van der Waals surface area (Å²) in [5.74, 6) is -0.339. The maximum absolute atomic E-state index is 13.9. The van der Waals surface area contributed by atoms with Crippen molar-refractivity contribution in [1.29, 1.82) is 0 Å². The summed E-state index contributed by atoms with van der Waals surface area (Å²) in [4.78, 5) is 31.5. The molecule has 7 nitrogen and oxygen atoms in total. The average molecular weight is 488 g/mol. The molecule has 0 radical (unpaired) electrons. The molecule has 186 valence electrons. The molecule has 2 aromatic rings. The topological polar surface area (TPSA) is 91.6 Å². The molecule has 0 saturated carbocycles. The average Bonchev–Trinajstić information content (AvgIpc) is 2.81. The molecule has 35 heavy (non-hydrogen) atoms. The van der Waals surface area contributed by atoms with Crippen molar-refractivity contribution in [3.63, 3.8) is 0 Å². The zero-order valence-corrected chi connectivity index (χ0v) is 19.7. The van der Waals surface area contributed by atoms with Gasteiger partial charge in [-0.05, 0) is 48.4 Å². The first kappa shape index (κ1) is 25.8. The number of anilines is 2. The van der Waals surface area contributed by atoms with E-state index >= 15 is 0 Å². The van der Waals surface area contributed by atoms with Crippen LogP contribution in [0.2, 0.25) is 0 Å². The molecule has 1 saturated heterocycles. The van der Waals surface area contributed by atoms with Crippen LogP contribution in [0.4, 0.5) is 24.7 Å². The summed E-state index contributed by atoms with van der Waals surface area (Å²) in [5, 5.41) is 2.66. The fraction of sp³-hybridized carbons (Fsp3) is 0.320. The van der Waals surface area contributed by atoms with Crippen molar-refractivity contribution in [2.45, 2.75) is 26.6 Å². The third kappa shape index (κ3) is 6.40. The molecule has 2 heterocycles. The number of halogens is 3. The Morgan fingerprint density at radius 2 is 1.86 bits per heavy atom. The third-order valence-corrected chi connectivity index (χ3v) is 5.76. The highest BCUT2D eigenvalue weighted by Crippen LogP contribution is 2.37. The number of pyridine rings is 1. The number of alkyl halides is 3. The maximum Gasteiger partial charge on any atom is 0.418 e. The Hall–Kier alpha value is -3.82. The largest absolute Gasteiger partial charge is 0.418 e. The van der Waals surface area contributed by atoms with E-state index in [-0.39, 0.29) is 29.5 Å². The predicted octanol–water partition coefficient (Wildman–Crippen LogP) is 3.63. The lowest BCUT2D eigenvalue weighted by atomic mass is 10.0. The van der Waals surface area contributed by atoms with Gasteiger partial charge in [0, 0.05) is 62.7 Å². The smallest absolute Gasteiger partial charge is 0.383 e. The Balaban J connectivity index is 1.78. The van der Waals surface area contributed by atoms with E-state index in [0.717, 1.165) is 6.07 Å². The zero-order chi connectivity index (χ0) is 25.8. The third-order valence-electron chi connectivity index (χ3n) is 5.76. The van der Waals surface area contributed by atoms with Crippen molar-refractivity contribution in [1.82, 2.24) is 15.2 Å². The van der Waals surface area contributed by atoms with Crippen molar-refractivity contribution >= 4 is 29.4 Å². The van der Waals surface area contributed by atoms with Gasteiger partial charge in [-0.15, -0.1) is 0 Å². The van der Waals surface area contributed by atoms with Gasteiger partial charge in [0.25, 0.3) is 5.91 Å². The minimum atomic E-state index is -4.58. The number of hydrogen-bond donors (Lipinski definition) is 2. The lowest BCUT2D eigenvalue weighted by Gasteiger charge is -2.36. The van der Waals surface area contributed by atoms with Gasteiger partial charge in [-0.25, -0.2) is 4.98 Å². The number of piperazine rings is 1. The molecule has 2 amide bonds. The van der Waals surface area contributed by atoms with Gasteiger partial charge in [-0.2, -0.15) is 13.2 Å². The zero-order valence-electron chi connectivity index (χ0n) is 19.7. The summed E-state index contributed by atoms with van der Waals surface area (Å²) < 4.78 is 41.7. The van der Waals surface area contributed by atoms with Crippen LogP contribution in [0.15, 0.2) is 54.3 Å². The Morgan fingerprint density at radius 1 is 1.17 bits per heavy atom. The van der Waals surface area contributed by atoms with E-state index in [1.54, 1.807) is 41.0 Å². The summed E-state index contributed by atoms with van der Waals surface area (Å²) in [6.45, 7) is 8.15. The van der Waals surface area contributed by atoms with E-state index < -0.39 is 17.6 Å².